The Morgan fingerprint density at radius 2 is 1.23 bits per heavy atom. The predicted octanol–water partition coefficient (Wildman–Crippen LogP) is 13.5. The minimum atomic E-state index is -0.106. The van der Waals surface area contributed by atoms with E-state index in [2.05, 4.69) is 133 Å². The molecule has 1 aromatic heterocycles. The monoisotopic (exact) mass is 692 g/mol. The smallest absolute Gasteiger partial charge is 0.0492 e. The van der Waals surface area contributed by atoms with Crippen LogP contribution < -0.4 is 4.90 Å². The summed E-state index contributed by atoms with van der Waals surface area (Å²) in [4.78, 5) is 2.55. The van der Waals surface area contributed by atoms with E-state index in [0.717, 1.165) is 35.5 Å². The van der Waals surface area contributed by atoms with Crippen molar-refractivity contribution in [2.45, 2.75) is 94.8 Å². The van der Waals surface area contributed by atoms with E-state index in [9.17, 15) is 0 Å². The molecule has 13 rings (SSSR count). The van der Waals surface area contributed by atoms with Crippen molar-refractivity contribution in [1.29, 1.82) is 0 Å². The molecule has 0 aliphatic heterocycles. The average Bonchev–Trinajstić information content (AvgIpc) is 3.93. The number of benzene rings is 5. The molecule has 2 heteroatoms. The fraction of sp³-hybridized carbons (Fsp3) is 0.412. The number of hydrogen-bond acceptors (Lipinski definition) is 1. The van der Waals surface area contributed by atoms with Crippen LogP contribution in [0.2, 0.25) is 0 Å². The van der Waals surface area contributed by atoms with E-state index in [1.807, 2.05) is 0 Å². The highest BCUT2D eigenvalue weighted by Gasteiger charge is 2.51. The first-order valence-electron chi connectivity index (χ1n) is 21.0. The van der Waals surface area contributed by atoms with Crippen molar-refractivity contribution < 1.29 is 0 Å². The molecule has 7 aliphatic rings. The first-order valence-corrected chi connectivity index (χ1v) is 21.0. The van der Waals surface area contributed by atoms with Gasteiger partial charge in [-0.05, 0) is 187 Å². The molecule has 6 aromatic rings. The number of anilines is 3. The SMILES string of the molecule is Cn1c2ccccc2c2cc3c(cc21)C(C)(C)c1cc(N(c2ccc(C4CC5CCC4C5)cc2)c2ccc(C45CC6CC(CC(C6)C4)C5)cc2)ccc1-3. The summed E-state index contributed by atoms with van der Waals surface area (Å²) < 4.78 is 2.38. The molecule has 6 saturated carbocycles. The summed E-state index contributed by atoms with van der Waals surface area (Å²) in [7, 11) is 2.22. The third-order valence-corrected chi connectivity index (χ3v) is 16.0. The molecule has 5 aromatic carbocycles. The topological polar surface area (TPSA) is 8.17 Å². The van der Waals surface area contributed by atoms with Crippen molar-refractivity contribution in [2.75, 3.05) is 4.90 Å². The summed E-state index contributed by atoms with van der Waals surface area (Å²) in [5, 5.41) is 2.69. The second kappa shape index (κ2) is 10.9. The highest BCUT2D eigenvalue weighted by atomic mass is 15.1. The molecular formula is C51H52N2. The van der Waals surface area contributed by atoms with Crippen molar-refractivity contribution in [3.05, 3.63) is 125 Å². The van der Waals surface area contributed by atoms with Crippen molar-refractivity contribution in [3.8, 4) is 11.1 Å². The average molecular weight is 693 g/mol. The second-order valence-corrected chi connectivity index (χ2v) is 19.3. The molecule has 0 amide bonds. The largest absolute Gasteiger partial charge is 0.344 e. The molecule has 6 bridgehead atoms. The first kappa shape index (κ1) is 31.1. The van der Waals surface area contributed by atoms with Crippen molar-refractivity contribution >= 4 is 38.9 Å². The summed E-state index contributed by atoms with van der Waals surface area (Å²) in [5.41, 5.74) is 15.5. The van der Waals surface area contributed by atoms with E-state index in [-0.39, 0.29) is 5.41 Å². The first-order chi connectivity index (χ1) is 25.8. The van der Waals surface area contributed by atoms with Crippen LogP contribution in [0.1, 0.15) is 106 Å². The maximum absolute atomic E-state index is 2.55. The van der Waals surface area contributed by atoms with Crippen LogP contribution in [0, 0.1) is 29.6 Å². The van der Waals surface area contributed by atoms with Gasteiger partial charge < -0.3 is 9.47 Å². The molecule has 2 nitrogen and oxygen atoms in total. The molecule has 7 aliphatic carbocycles. The van der Waals surface area contributed by atoms with Gasteiger partial charge in [0.05, 0.1) is 0 Å². The normalized spacial score (nSPS) is 30.0. The minimum absolute atomic E-state index is 0.106. The van der Waals surface area contributed by atoms with Crippen molar-refractivity contribution in [3.63, 3.8) is 0 Å². The lowest BCUT2D eigenvalue weighted by Gasteiger charge is -2.57. The van der Waals surface area contributed by atoms with Crippen LogP contribution in [-0.2, 0) is 17.9 Å². The van der Waals surface area contributed by atoms with Crippen LogP contribution in [0.3, 0.4) is 0 Å². The van der Waals surface area contributed by atoms with Gasteiger partial charge >= 0.3 is 0 Å². The number of aromatic nitrogens is 1. The summed E-state index contributed by atoms with van der Waals surface area (Å²) in [6.07, 6.45) is 14.5. The van der Waals surface area contributed by atoms with E-state index in [4.69, 9.17) is 0 Å². The van der Waals surface area contributed by atoms with E-state index in [1.54, 1.807) is 11.1 Å². The zero-order valence-corrected chi connectivity index (χ0v) is 31.7. The Morgan fingerprint density at radius 3 is 1.91 bits per heavy atom. The highest BCUT2D eigenvalue weighted by molar-refractivity contribution is 6.10. The Bertz CT molecular complexity index is 2410. The molecule has 0 N–H and O–H groups in total. The zero-order valence-electron chi connectivity index (χ0n) is 31.7. The Morgan fingerprint density at radius 1 is 0.566 bits per heavy atom. The molecule has 0 spiro atoms. The summed E-state index contributed by atoms with van der Waals surface area (Å²) in [6, 6.07) is 41.0. The van der Waals surface area contributed by atoms with Gasteiger partial charge in [-0.3, -0.25) is 0 Å². The lowest BCUT2D eigenvalue weighted by atomic mass is 9.48. The predicted molar refractivity (Wildman–Crippen MR) is 221 cm³/mol. The zero-order chi connectivity index (χ0) is 35.2. The van der Waals surface area contributed by atoms with Gasteiger partial charge in [-0.15, -0.1) is 0 Å². The Hall–Kier alpha value is -4.30. The fourth-order valence-corrected chi connectivity index (χ4v) is 13.9. The lowest BCUT2D eigenvalue weighted by Crippen LogP contribution is -2.48. The molecule has 0 saturated heterocycles. The Labute approximate surface area is 315 Å². The van der Waals surface area contributed by atoms with Gasteiger partial charge in [0.2, 0.25) is 0 Å². The van der Waals surface area contributed by atoms with E-state index in [0.29, 0.717) is 5.41 Å². The van der Waals surface area contributed by atoms with Gasteiger partial charge in [0.25, 0.3) is 0 Å². The third-order valence-electron chi connectivity index (χ3n) is 16.0. The number of fused-ring (bicyclic) bond motifs is 8. The maximum Gasteiger partial charge on any atom is 0.0492 e. The molecule has 0 radical (unpaired) electrons. The van der Waals surface area contributed by atoms with Crippen LogP contribution in [0.5, 0.6) is 0 Å². The molecule has 266 valence electrons. The number of para-hydroxylation sites is 1. The highest BCUT2D eigenvalue weighted by Crippen LogP contribution is 2.61. The van der Waals surface area contributed by atoms with Crippen LogP contribution in [0.4, 0.5) is 17.1 Å². The maximum atomic E-state index is 2.55. The van der Waals surface area contributed by atoms with Crippen molar-refractivity contribution in [2.24, 2.45) is 36.6 Å². The Kier molecular flexibility index (Phi) is 6.39. The molecule has 1 heterocycles. The summed E-state index contributed by atoms with van der Waals surface area (Å²) in [6.45, 7) is 4.87. The van der Waals surface area contributed by atoms with Gasteiger partial charge in [-0.25, -0.2) is 0 Å². The van der Waals surface area contributed by atoms with Gasteiger partial charge in [0.1, 0.15) is 0 Å². The van der Waals surface area contributed by atoms with Crippen LogP contribution >= 0.6 is 0 Å². The molecule has 6 fully saturated rings. The Balaban J connectivity index is 0.960. The van der Waals surface area contributed by atoms with Gasteiger partial charge in [-0.2, -0.15) is 0 Å². The molecule has 3 atom stereocenters. The van der Waals surface area contributed by atoms with Crippen LogP contribution in [-0.4, -0.2) is 4.57 Å². The van der Waals surface area contributed by atoms with E-state index < -0.39 is 0 Å². The lowest BCUT2D eigenvalue weighted by molar-refractivity contribution is -0.00518. The van der Waals surface area contributed by atoms with E-state index in [1.165, 1.54) is 125 Å². The van der Waals surface area contributed by atoms with E-state index >= 15 is 0 Å². The van der Waals surface area contributed by atoms with Gasteiger partial charge in [-0.1, -0.05) is 68.8 Å². The number of aryl methyl sites for hydroxylation is 1. The standard InChI is InChI=1S/C51H52N2/c1-50(2)46-25-40(18-19-41(46)44-26-45-42-6-4-5-7-48(42)52(3)49(45)27-47(44)50)53(38-14-10-35(11-15-38)43-24-31-8-9-36(43)23-31)39-16-12-37(13-17-39)51-28-32-20-33(29-51)22-34(21-32)30-51/h4-7,10-19,25-27,31-34,36,43H,8-9,20-24,28-30H2,1-3H3. The summed E-state index contributed by atoms with van der Waals surface area (Å²) in [5.74, 6) is 5.49. The summed E-state index contributed by atoms with van der Waals surface area (Å²) >= 11 is 0. The van der Waals surface area contributed by atoms with Gasteiger partial charge in [0.15, 0.2) is 0 Å². The quantitative estimate of drug-likeness (QED) is 0.175. The van der Waals surface area contributed by atoms with Crippen molar-refractivity contribution in [1.82, 2.24) is 4.57 Å². The third kappa shape index (κ3) is 4.45. The number of hydrogen-bond donors (Lipinski definition) is 0. The fourth-order valence-electron chi connectivity index (χ4n) is 13.9. The molecule has 53 heavy (non-hydrogen) atoms. The minimum Gasteiger partial charge on any atom is -0.344 e. The van der Waals surface area contributed by atoms with Crippen LogP contribution in [0.15, 0.2) is 103 Å². The molecule has 3 unspecified atom stereocenters. The number of rotatable bonds is 5. The van der Waals surface area contributed by atoms with Gasteiger partial charge in [0, 0.05) is 51.3 Å². The molecular weight excluding hydrogens is 641 g/mol. The van der Waals surface area contributed by atoms with Crippen LogP contribution in [0.25, 0.3) is 32.9 Å². The second-order valence-electron chi connectivity index (χ2n) is 19.3. The number of nitrogens with zero attached hydrogens (tertiary/aromatic N) is 2.